The zero-order chi connectivity index (χ0) is 12.5. The van der Waals surface area contributed by atoms with Gasteiger partial charge >= 0.3 is 6.18 Å². The quantitative estimate of drug-likeness (QED) is 0.572. The van der Waals surface area contributed by atoms with Crippen LogP contribution in [0.25, 0.3) is 0 Å². The van der Waals surface area contributed by atoms with Gasteiger partial charge < -0.3 is 0 Å². The van der Waals surface area contributed by atoms with Crippen LogP contribution in [-0.2, 0) is 6.18 Å². The molecule has 0 atom stereocenters. The fourth-order valence-corrected chi connectivity index (χ4v) is 2.16. The highest BCUT2D eigenvalue weighted by atomic mass is 79.9. The van der Waals surface area contributed by atoms with Crippen LogP contribution in [0, 0.1) is 0 Å². The molecule has 16 heavy (non-hydrogen) atoms. The van der Waals surface area contributed by atoms with Crippen LogP contribution in [0.3, 0.4) is 0 Å². The maximum atomic E-state index is 12.5. The summed E-state index contributed by atoms with van der Waals surface area (Å²) in [6.07, 6.45) is -4.55. The molecule has 0 fully saturated rings. The van der Waals surface area contributed by atoms with Gasteiger partial charge in [-0.15, -0.1) is 11.6 Å². The summed E-state index contributed by atoms with van der Waals surface area (Å²) in [4.78, 5) is 11.2. The fourth-order valence-electron chi connectivity index (χ4n) is 1.05. The molecular weight excluding hydrogens is 332 g/mol. The SMILES string of the molecule is O=C(CCl)c1cc(C(F)(F)F)c(Br)cc1Cl. The van der Waals surface area contributed by atoms with Gasteiger partial charge in [-0.2, -0.15) is 13.2 Å². The molecule has 88 valence electrons. The Morgan fingerprint density at radius 3 is 2.38 bits per heavy atom. The lowest BCUT2D eigenvalue weighted by atomic mass is 10.1. The van der Waals surface area contributed by atoms with Gasteiger partial charge in [-0.25, -0.2) is 0 Å². The van der Waals surface area contributed by atoms with E-state index >= 15 is 0 Å². The van der Waals surface area contributed by atoms with E-state index in [2.05, 4.69) is 15.9 Å². The summed E-state index contributed by atoms with van der Waals surface area (Å²) in [5, 5.41) is -0.0643. The van der Waals surface area contributed by atoms with Crippen molar-refractivity contribution in [1.29, 1.82) is 0 Å². The van der Waals surface area contributed by atoms with E-state index in [1.54, 1.807) is 0 Å². The van der Waals surface area contributed by atoms with Crippen LogP contribution < -0.4 is 0 Å². The van der Waals surface area contributed by atoms with E-state index < -0.39 is 23.4 Å². The van der Waals surface area contributed by atoms with Crippen molar-refractivity contribution in [3.8, 4) is 0 Å². The highest BCUT2D eigenvalue weighted by Gasteiger charge is 2.34. The second kappa shape index (κ2) is 4.94. The molecule has 0 aliphatic rings. The summed E-state index contributed by atoms with van der Waals surface area (Å²) in [5.41, 5.74) is -1.18. The van der Waals surface area contributed by atoms with E-state index in [9.17, 15) is 18.0 Å². The van der Waals surface area contributed by atoms with Crippen molar-refractivity contribution < 1.29 is 18.0 Å². The Bertz CT molecular complexity index is 431. The number of halogens is 6. The molecule has 1 aromatic carbocycles. The number of hydrogen-bond donors (Lipinski definition) is 0. The summed E-state index contributed by atoms with van der Waals surface area (Å²) in [7, 11) is 0. The Balaban J connectivity index is 3.39. The maximum Gasteiger partial charge on any atom is 0.417 e. The fraction of sp³-hybridized carbons (Fsp3) is 0.222. The molecule has 0 aromatic heterocycles. The smallest absolute Gasteiger partial charge is 0.293 e. The lowest BCUT2D eigenvalue weighted by Crippen LogP contribution is -2.10. The average Bonchev–Trinajstić information content (AvgIpc) is 2.14. The second-order valence-corrected chi connectivity index (χ2v) is 4.40. The molecule has 0 spiro atoms. The molecule has 0 unspecified atom stereocenters. The monoisotopic (exact) mass is 334 g/mol. The van der Waals surface area contributed by atoms with Crippen LogP contribution in [0.1, 0.15) is 15.9 Å². The summed E-state index contributed by atoms with van der Waals surface area (Å²) < 4.78 is 37.3. The van der Waals surface area contributed by atoms with Gasteiger partial charge in [-0.05, 0) is 12.1 Å². The summed E-state index contributed by atoms with van der Waals surface area (Å²) in [6, 6.07) is 1.72. The molecule has 0 saturated heterocycles. The first-order valence-corrected chi connectivity index (χ1v) is 5.63. The molecule has 0 radical (unpaired) electrons. The van der Waals surface area contributed by atoms with E-state index in [0.717, 1.165) is 6.07 Å². The normalized spacial score (nSPS) is 11.6. The van der Waals surface area contributed by atoms with Crippen molar-refractivity contribution in [3.63, 3.8) is 0 Å². The number of carbonyl (C=O) groups excluding carboxylic acids is 1. The Hall–Kier alpha value is -0.260. The molecule has 0 amide bonds. The van der Waals surface area contributed by atoms with Crippen molar-refractivity contribution in [2.24, 2.45) is 0 Å². The largest absolute Gasteiger partial charge is 0.417 e. The van der Waals surface area contributed by atoms with Crippen LogP contribution in [0.2, 0.25) is 5.02 Å². The molecule has 0 heterocycles. The third kappa shape index (κ3) is 2.90. The van der Waals surface area contributed by atoms with Crippen LogP contribution in [0.15, 0.2) is 16.6 Å². The second-order valence-electron chi connectivity index (χ2n) is 2.87. The molecule has 0 aliphatic heterocycles. The average molecular weight is 336 g/mol. The number of ketones is 1. The summed E-state index contributed by atoms with van der Waals surface area (Å²) >= 11 is 13.7. The third-order valence-corrected chi connectivity index (χ3v) is 3.00. The maximum absolute atomic E-state index is 12.5. The first-order valence-electron chi connectivity index (χ1n) is 3.92. The van der Waals surface area contributed by atoms with Gasteiger partial charge in [0.25, 0.3) is 0 Å². The Labute approximate surface area is 108 Å². The number of alkyl halides is 4. The highest BCUT2D eigenvalue weighted by molar-refractivity contribution is 9.10. The van der Waals surface area contributed by atoms with Gasteiger partial charge in [0.05, 0.1) is 16.5 Å². The van der Waals surface area contributed by atoms with Crippen molar-refractivity contribution in [1.82, 2.24) is 0 Å². The van der Waals surface area contributed by atoms with Gasteiger partial charge in [-0.1, -0.05) is 27.5 Å². The van der Waals surface area contributed by atoms with Gasteiger partial charge in [0.1, 0.15) is 0 Å². The van der Waals surface area contributed by atoms with Crippen molar-refractivity contribution >= 4 is 44.9 Å². The standard InChI is InChI=1S/C9H4BrCl2F3O/c10-6-2-7(12)4(8(16)3-11)1-5(6)9(13,14)15/h1-2H,3H2. The van der Waals surface area contributed by atoms with Crippen molar-refractivity contribution in [2.75, 3.05) is 5.88 Å². The molecular formula is C9H4BrCl2F3O. The minimum absolute atomic E-state index is 0.0643. The molecule has 0 N–H and O–H groups in total. The Kier molecular flexibility index (Phi) is 4.26. The first-order chi connectivity index (χ1) is 7.27. The van der Waals surface area contributed by atoms with Gasteiger partial charge in [0.15, 0.2) is 5.78 Å². The van der Waals surface area contributed by atoms with E-state index in [-0.39, 0.29) is 15.1 Å². The zero-order valence-corrected chi connectivity index (χ0v) is 10.6. The summed E-state index contributed by atoms with van der Waals surface area (Å²) in [6.45, 7) is 0. The van der Waals surface area contributed by atoms with Crippen LogP contribution in [0.4, 0.5) is 13.2 Å². The molecule has 0 aliphatic carbocycles. The number of carbonyl (C=O) groups is 1. The number of Topliss-reactive ketones (excluding diaryl/α,β-unsaturated/α-hetero) is 1. The van der Waals surface area contributed by atoms with E-state index in [1.165, 1.54) is 0 Å². The van der Waals surface area contributed by atoms with Crippen LogP contribution >= 0.6 is 39.1 Å². The lowest BCUT2D eigenvalue weighted by molar-refractivity contribution is -0.138. The molecule has 0 saturated carbocycles. The minimum Gasteiger partial charge on any atom is -0.293 e. The number of rotatable bonds is 2. The predicted octanol–water partition coefficient (Wildman–Crippen LogP) is 4.54. The molecule has 0 bridgehead atoms. The Morgan fingerprint density at radius 2 is 1.94 bits per heavy atom. The predicted molar refractivity (Wildman–Crippen MR) is 59.2 cm³/mol. The van der Waals surface area contributed by atoms with Crippen LogP contribution in [0.5, 0.6) is 0 Å². The molecule has 1 nitrogen and oxygen atoms in total. The van der Waals surface area contributed by atoms with E-state index in [1.807, 2.05) is 0 Å². The zero-order valence-electron chi connectivity index (χ0n) is 7.54. The van der Waals surface area contributed by atoms with Gasteiger partial charge in [0, 0.05) is 10.0 Å². The van der Waals surface area contributed by atoms with E-state index in [4.69, 9.17) is 23.2 Å². The molecule has 1 aromatic rings. The van der Waals surface area contributed by atoms with Gasteiger partial charge in [0.2, 0.25) is 0 Å². The van der Waals surface area contributed by atoms with Crippen molar-refractivity contribution in [2.45, 2.75) is 6.18 Å². The van der Waals surface area contributed by atoms with Gasteiger partial charge in [-0.3, -0.25) is 4.79 Å². The number of hydrogen-bond acceptors (Lipinski definition) is 1. The summed E-state index contributed by atoms with van der Waals surface area (Å²) in [5.74, 6) is -1.07. The molecule has 7 heteroatoms. The highest BCUT2D eigenvalue weighted by Crippen LogP contribution is 2.37. The topological polar surface area (TPSA) is 17.1 Å². The van der Waals surface area contributed by atoms with E-state index in [0.29, 0.717) is 6.07 Å². The third-order valence-electron chi connectivity index (χ3n) is 1.78. The van der Waals surface area contributed by atoms with Crippen molar-refractivity contribution in [3.05, 3.63) is 32.8 Å². The first kappa shape index (κ1) is 13.8. The Morgan fingerprint density at radius 1 is 1.38 bits per heavy atom. The lowest BCUT2D eigenvalue weighted by Gasteiger charge is -2.11. The number of benzene rings is 1. The minimum atomic E-state index is -4.55. The molecule has 1 rings (SSSR count). The van der Waals surface area contributed by atoms with Crippen LogP contribution in [-0.4, -0.2) is 11.7 Å².